The second-order valence-corrected chi connectivity index (χ2v) is 8.33. The lowest BCUT2D eigenvalue weighted by Crippen LogP contribution is -2.39. The highest BCUT2D eigenvalue weighted by molar-refractivity contribution is 9.10. The number of aromatic nitrogens is 2. The van der Waals surface area contributed by atoms with Gasteiger partial charge >= 0.3 is 0 Å². The van der Waals surface area contributed by atoms with Crippen molar-refractivity contribution in [3.05, 3.63) is 51.6 Å². The summed E-state index contributed by atoms with van der Waals surface area (Å²) in [4.78, 5) is 9.01. The maximum absolute atomic E-state index is 13.2. The fraction of sp³-hybridized carbons (Fsp3) is 0.250. The van der Waals surface area contributed by atoms with Crippen molar-refractivity contribution in [3.63, 3.8) is 0 Å². The molecule has 0 fully saturated rings. The van der Waals surface area contributed by atoms with Crippen LogP contribution in [0.15, 0.2) is 33.1 Å². The molecule has 0 aliphatic heterocycles. The van der Waals surface area contributed by atoms with Gasteiger partial charge in [0, 0.05) is 23.5 Å². The lowest BCUT2D eigenvalue weighted by atomic mass is 10.1. The van der Waals surface area contributed by atoms with Crippen molar-refractivity contribution < 1.29 is 8.78 Å². The quantitative estimate of drug-likeness (QED) is 0.443. The highest BCUT2D eigenvalue weighted by atomic mass is 79.9. The number of hydrogen-bond donors (Lipinski definition) is 2. The van der Waals surface area contributed by atoms with Crippen LogP contribution in [-0.2, 0) is 13.0 Å². The number of pyridine rings is 1. The van der Waals surface area contributed by atoms with Crippen LogP contribution in [0.3, 0.4) is 0 Å². The Morgan fingerprint density at radius 3 is 2.64 bits per heavy atom. The van der Waals surface area contributed by atoms with Crippen LogP contribution < -0.4 is 11.1 Å². The van der Waals surface area contributed by atoms with Crippen LogP contribution in [0.4, 0.5) is 8.78 Å². The van der Waals surface area contributed by atoms with Crippen LogP contribution in [0.2, 0.25) is 0 Å². The van der Waals surface area contributed by atoms with Crippen LogP contribution in [0.1, 0.15) is 11.3 Å². The number of nitrogens with one attached hydrogen (secondary N) is 1. The second kappa shape index (κ2) is 8.05. The molecule has 3 rings (SSSR count). The van der Waals surface area contributed by atoms with Gasteiger partial charge in [0.2, 0.25) is 0 Å². The first kappa shape index (κ1) is 18.7. The number of thioether (sulfide) groups is 1. The Labute approximate surface area is 160 Å². The standard InChI is InChI=1S/C16H15BrF2N4S2/c1-24-16-23-15-13(25-16)6-11(17)12(22-15)7-21-14(20)4-8-2-9(18)5-10(19)3-8/h2-3,5-6,14,21H,4,7,20H2,1H3. The first-order valence-electron chi connectivity index (χ1n) is 7.38. The Balaban J connectivity index is 1.67. The molecular weight excluding hydrogens is 430 g/mol. The van der Waals surface area contributed by atoms with Crippen molar-refractivity contribution in [2.75, 3.05) is 6.26 Å². The number of fused-ring (bicyclic) bond motifs is 1. The SMILES string of the molecule is CSc1nc2nc(CNC(N)Cc3cc(F)cc(F)c3)c(Br)cc2s1. The fourth-order valence-corrected chi connectivity index (χ4v) is 4.42. The zero-order chi connectivity index (χ0) is 18.0. The number of halogens is 3. The van der Waals surface area contributed by atoms with Gasteiger partial charge in [-0.05, 0) is 45.9 Å². The molecule has 2 aromatic heterocycles. The van der Waals surface area contributed by atoms with Gasteiger partial charge in [-0.25, -0.2) is 18.7 Å². The molecule has 0 amide bonds. The molecule has 9 heteroatoms. The van der Waals surface area contributed by atoms with E-state index in [1.54, 1.807) is 23.1 Å². The summed E-state index contributed by atoms with van der Waals surface area (Å²) in [7, 11) is 0. The van der Waals surface area contributed by atoms with Crippen molar-refractivity contribution in [1.82, 2.24) is 15.3 Å². The van der Waals surface area contributed by atoms with E-state index in [1.807, 2.05) is 12.3 Å². The molecule has 1 atom stereocenters. The van der Waals surface area contributed by atoms with Crippen molar-refractivity contribution in [3.8, 4) is 0 Å². The monoisotopic (exact) mass is 444 g/mol. The summed E-state index contributed by atoms with van der Waals surface area (Å²) < 4.78 is 29.3. The number of nitrogens with zero attached hydrogens (tertiary/aromatic N) is 2. The lowest BCUT2D eigenvalue weighted by Gasteiger charge is -2.14. The van der Waals surface area contributed by atoms with Crippen molar-refractivity contribution >= 4 is 49.4 Å². The zero-order valence-corrected chi connectivity index (χ0v) is 16.4. The topological polar surface area (TPSA) is 63.8 Å². The number of benzene rings is 1. The third-order valence-corrected chi connectivity index (χ3v) is 6.14. The third-order valence-electron chi connectivity index (χ3n) is 3.47. The van der Waals surface area contributed by atoms with Crippen molar-refractivity contribution in [2.24, 2.45) is 5.73 Å². The van der Waals surface area contributed by atoms with E-state index in [4.69, 9.17) is 5.73 Å². The lowest BCUT2D eigenvalue weighted by molar-refractivity contribution is 0.513. The summed E-state index contributed by atoms with van der Waals surface area (Å²) in [6, 6.07) is 5.40. The smallest absolute Gasteiger partial charge is 0.171 e. The summed E-state index contributed by atoms with van der Waals surface area (Å²) in [6.45, 7) is 0.418. The van der Waals surface area contributed by atoms with Gasteiger partial charge in [0.05, 0.1) is 16.6 Å². The first-order valence-corrected chi connectivity index (χ1v) is 10.2. The second-order valence-electron chi connectivity index (χ2n) is 5.39. The molecule has 1 aromatic carbocycles. The summed E-state index contributed by atoms with van der Waals surface area (Å²) in [5.41, 5.74) is 8.02. The maximum Gasteiger partial charge on any atom is 0.171 e. The van der Waals surface area contributed by atoms with Gasteiger partial charge in [-0.1, -0.05) is 11.8 Å². The third kappa shape index (κ3) is 4.73. The Morgan fingerprint density at radius 1 is 1.24 bits per heavy atom. The van der Waals surface area contributed by atoms with E-state index in [1.165, 1.54) is 12.1 Å². The van der Waals surface area contributed by atoms with Gasteiger partial charge in [0.15, 0.2) is 9.99 Å². The van der Waals surface area contributed by atoms with E-state index < -0.39 is 17.8 Å². The number of thiazole rings is 1. The molecule has 0 spiro atoms. The highest BCUT2D eigenvalue weighted by Gasteiger charge is 2.12. The van der Waals surface area contributed by atoms with Gasteiger partial charge < -0.3 is 5.73 Å². The molecule has 3 N–H and O–H groups in total. The largest absolute Gasteiger partial charge is 0.316 e. The van der Waals surface area contributed by atoms with Gasteiger partial charge in [0.25, 0.3) is 0 Å². The molecule has 1 unspecified atom stereocenters. The van der Waals surface area contributed by atoms with Gasteiger partial charge in [0.1, 0.15) is 11.6 Å². The molecule has 0 radical (unpaired) electrons. The van der Waals surface area contributed by atoms with Crippen LogP contribution in [0.5, 0.6) is 0 Å². The van der Waals surface area contributed by atoms with Gasteiger partial charge in [-0.3, -0.25) is 5.32 Å². The molecule has 2 heterocycles. The Morgan fingerprint density at radius 2 is 1.96 bits per heavy atom. The maximum atomic E-state index is 13.2. The minimum atomic E-state index is -0.606. The fourth-order valence-electron chi connectivity index (χ4n) is 2.35. The van der Waals surface area contributed by atoms with E-state index in [-0.39, 0.29) is 0 Å². The predicted octanol–water partition coefficient (Wildman–Crippen LogP) is 4.07. The molecule has 3 aromatic rings. The first-order chi connectivity index (χ1) is 11.9. The molecule has 0 aliphatic carbocycles. The van der Waals surface area contributed by atoms with E-state index in [0.29, 0.717) is 24.2 Å². The number of hydrogen-bond acceptors (Lipinski definition) is 6. The predicted molar refractivity (Wildman–Crippen MR) is 102 cm³/mol. The average Bonchev–Trinajstić information content (AvgIpc) is 2.93. The molecule has 0 saturated heterocycles. The molecule has 0 aliphatic rings. The highest BCUT2D eigenvalue weighted by Crippen LogP contribution is 2.30. The summed E-state index contributed by atoms with van der Waals surface area (Å²) in [5, 5.41) is 3.12. The molecule has 25 heavy (non-hydrogen) atoms. The number of rotatable bonds is 6. The average molecular weight is 445 g/mol. The molecule has 4 nitrogen and oxygen atoms in total. The summed E-state index contributed by atoms with van der Waals surface area (Å²) >= 11 is 6.69. The van der Waals surface area contributed by atoms with Crippen LogP contribution in [0, 0.1) is 11.6 Å². The van der Waals surface area contributed by atoms with E-state index in [9.17, 15) is 8.78 Å². The Bertz CT molecular complexity index is 883. The van der Waals surface area contributed by atoms with Gasteiger partial charge in [-0.15, -0.1) is 11.3 Å². The zero-order valence-electron chi connectivity index (χ0n) is 13.2. The summed E-state index contributed by atoms with van der Waals surface area (Å²) in [6.07, 6.45) is 1.83. The van der Waals surface area contributed by atoms with E-state index in [0.717, 1.165) is 25.3 Å². The minimum absolute atomic E-state index is 0.307. The van der Waals surface area contributed by atoms with E-state index >= 15 is 0 Å². The van der Waals surface area contributed by atoms with Crippen LogP contribution >= 0.6 is 39.0 Å². The molecule has 0 saturated carbocycles. The van der Waals surface area contributed by atoms with Crippen LogP contribution in [-0.4, -0.2) is 22.4 Å². The molecular formula is C16H15BrF2N4S2. The number of nitrogens with two attached hydrogens (primary N) is 1. The van der Waals surface area contributed by atoms with E-state index in [2.05, 4.69) is 31.2 Å². The Kier molecular flexibility index (Phi) is 6.00. The van der Waals surface area contributed by atoms with Crippen molar-refractivity contribution in [1.29, 1.82) is 0 Å². The van der Waals surface area contributed by atoms with Crippen molar-refractivity contribution in [2.45, 2.75) is 23.5 Å². The normalized spacial score (nSPS) is 12.7. The molecule has 132 valence electrons. The summed E-state index contributed by atoms with van der Waals surface area (Å²) in [5.74, 6) is -1.21. The minimum Gasteiger partial charge on any atom is -0.316 e. The molecule has 0 bridgehead atoms. The Hall–Kier alpha value is -1.13. The van der Waals surface area contributed by atoms with Gasteiger partial charge in [-0.2, -0.15) is 0 Å². The van der Waals surface area contributed by atoms with Crippen LogP contribution in [0.25, 0.3) is 10.3 Å².